The van der Waals surface area contributed by atoms with Crippen LogP contribution < -0.4 is 5.32 Å². The zero-order chi connectivity index (χ0) is 18.0. The molecule has 25 heavy (non-hydrogen) atoms. The number of unbranched alkanes of at least 4 members (excludes halogenated alkanes) is 1. The Balaban J connectivity index is 2.09. The number of fused-ring (bicyclic) bond motifs is 1. The van der Waals surface area contributed by atoms with Crippen molar-refractivity contribution in [3.63, 3.8) is 0 Å². The Morgan fingerprint density at radius 2 is 1.72 bits per heavy atom. The third-order valence-electron chi connectivity index (χ3n) is 5.98. The summed E-state index contributed by atoms with van der Waals surface area (Å²) in [6.07, 6.45) is 2.47. The van der Waals surface area contributed by atoms with Gasteiger partial charge in [-0.15, -0.1) is 0 Å². The highest BCUT2D eigenvalue weighted by Crippen LogP contribution is 2.44. The van der Waals surface area contributed by atoms with Crippen LogP contribution in [0.1, 0.15) is 58.6 Å². The van der Waals surface area contributed by atoms with Gasteiger partial charge in [0.05, 0.1) is 0 Å². The van der Waals surface area contributed by atoms with Gasteiger partial charge in [0.25, 0.3) is 0 Å². The predicted molar refractivity (Wildman–Crippen MR) is 111 cm³/mol. The van der Waals surface area contributed by atoms with E-state index in [9.17, 15) is 0 Å². The van der Waals surface area contributed by atoms with E-state index in [1.165, 1.54) is 57.0 Å². The second-order valence-corrected chi connectivity index (χ2v) is 7.41. The number of allylic oxidation sites excluding steroid dienone is 4. The van der Waals surface area contributed by atoms with Crippen LogP contribution in [0.25, 0.3) is 16.3 Å². The molecule has 1 nitrogen and oxygen atoms in total. The number of hydrogen-bond donors (Lipinski definition) is 1. The molecule has 0 saturated carbocycles. The highest BCUT2D eigenvalue weighted by molar-refractivity contribution is 5.92. The van der Waals surface area contributed by atoms with E-state index in [1.807, 2.05) is 0 Å². The number of benzene rings is 2. The molecular weight excluding hydrogens is 302 g/mol. The van der Waals surface area contributed by atoms with Crippen molar-refractivity contribution in [1.82, 2.24) is 5.32 Å². The summed E-state index contributed by atoms with van der Waals surface area (Å²) in [7, 11) is 0. The maximum absolute atomic E-state index is 3.67. The molecule has 132 valence electrons. The number of hydrogen-bond acceptors (Lipinski definition) is 1. The van der Waals surface area contributed by atoms with Crippen molar-refractivity contribution in [3.8, 4) is 0 Å². The minimum absolute atomic E-state index is 0.510. The second-order valence-electron chi connectivity index (χ2n) is 7.41. The summed E-state index contributed by atoms with van der Waals surface area (Å²) in [5, 5.41) is 6.40. The quantitative estimate of drug-likeness (QED) is 0.596. The van der Waals surface area contributed by atoms with Crippen molar-refractivity contribution in [2.24, 2.45) is 5.92 Å². The van der Waals surface area contributed by atoms with E-state index in [4.69, 9.17) is 0 Å². The average Bonchev–Trinajstić information content (AvgIpc) is 2.82. The largest absolute Gasteiger partial charge is 0.313 e. The molecule has 2 aromatic carbocycles. The lowest BCUT2D eigenvalue weighted by Gasteiger charge is -2.20. The van der Waals surface area contributed by atoms with Crippen molar-refractivity contribution < 1.29 is 0 Å². The molecule has 0 aliphatic heterocycles. The van der Waals surface area contributed by atoms with Gasteiger partial charge in [0.1, 0.15) is 0 Å². The van der Waals surface area contributed by atoms with E-state index >= 15 is 0 Å². The Kier molecular flexibility index (Phi) is 5.44. The lowest BCUT2D eigenvalue weighted by molar-refractivity contribution is 0.642. The molecule has 2 aromatic rings. The van der Waals surface area contributed by atoms with Crippen molar-refractivity contribution in [2.75, 3.05) is 6.54 Å². The van der Waals surface area contributed by atoms with E-state index < -0.39 is 0 Å². The van der Waals surface area contributed by atoms with Gasteiger partial charge in [-0.1, -0.05) is 62.2 Å². The van der Waals surface area contributed by atoms with Gasteiger partial charge in [0.2, 0.25) is 0 Å². The van der Waals surface area contributed by atoms with Crippen LogP contribution in [0.3, 0.4) is 0 Å². The second kappa shape index (κ2) is 7.58. The lowest BCUT2D eigenvalue weighted by atomic mass is 9.86. The molecule has 1 aliphatic rings. The van der Waals surface area contributed by atoms with Gasteiger partial charge < -0.3 is 5.32 Å². The normalized spacial score (nSPS) is 17.9. The fourth-order valence-electron chi connectivity index (χ4n) is 4.09. The molecule has 0 fully saturated rings. The zero-order valence-corrected chi connectivity index (χ0v) is 16.4. The molecular formula is C24H31N. The molecule has 1 aliphatic carbocycles. The van der Waals surface area contributed by atoms with Crippen LogP contribution in [0.5, 0.6) is 0 Å². The predicted octanol–water partition coefficient (Wildman–Crippen LogP) is 6.49. The average molecular weight is 334 g/mol. The Bertz CT molecular complexity index is 838. The van der Waals surface area contributed by atoms with Gasteiger partial charge >= 0.3 is 0 Å². The molecule has 1 unspecified atom stereocenters. The summed E-state index contributed by atoms with van der Waals surface area (Å²) in [5.74, 6) is 0.510. The highest BCUT2D eigenvalue weighted by atomic mass is 14.8. The van der Waals surface area contributed by atoms with Crippen LogP contribution in [0.15, 0.2) is 53.1 Å². The summed E-state index contributed by atoms with van der Waals surface area (Å²) in [5.41, 5.74) is 8.87. The van der Waals surface area contributed by atoms with E-state index in [-0.39, 0.29) is 0 Å². The van der Waals surface area contributed by atoms with Gasteiger partial charge in [-0.05, 0) is 72.4 Å². The van der Waals surface area contributed by atoms with Gasteiger partial charge in [0.15, 0.2) is 0 Å². The smallest absolute Gasteiger partial charge is 0.0217 e. The number of nitrogens with one attached hydrogen (secondary N) is 1. The monoisotopic (exact) mass is 333 g/mol. The third kappa shape index (κ3) is 3.30. The Morgan fingerprint density at radius 3 is 2.40 bits per heavy atom. The first-order valence-corrected chi connectivity index (χ1v) is 9.66. The van der Waals surface area contributed by atoms with Gasteiger partial charge in [-0.2, -0.15) is 0 Å². The molecule has 0 bridgehead atoms. The van der Waals surface area contributed by atoms with E-state index in [0.717, 1.165) is 13.1 Å². The van der Waals surface area contributed by atoms with Crippen LogP contribution in [-0.2, 0) is 6.54 Å². The molecule has 0 saturated heterocycles. The van der Waals surface area contributed by atoms with Crippen LogP contribution in [0.2, 0.25) is 0 Å². The third-order valence-corrected chi connectivity index (χ3v) is 5.98. The Labute approximate surface area is 152 Å². The summed E-state index contributed by atoms with van der Waals surface area (Å²) >= 11 is 0. The standard InChI is InChI=1S/C24H31N/c1-6-7-14-25-15-23-21-11-9-8-10-20(21)12-13-22(23)24-18(4)16(2)17(3)19(24)5/h8-13,18,25H,6-7,14-15H2,1-5H3. The molecule has 1 N–H and O–H groups in total. The summed E-state index contributed by atoms with van der Waals surface area (Å²) < 4.78 is 0. The van der Waals surface area contributed by atoms with Crippen LogP contribution in [0.4, 0.5) is 0 Å². The van der Waals surface area contributed by atoms with Crippen LogP contribution >= 0.6 is 0 Å². The highest BCUT2D eigenvalue weighted by Gasteiger charge is 2.26. The zero-order valence-electron chi connectivity index (χ0n) is 16.4. The summed E-state index contributed by atoms with van der Waals surface area (Å²) in [4.78, 5) is 0. The summed E-state index contributed by atoms with van der Waals surface area (Å²) in [6, 6.07) is 13.4. The van der Waals surface area contributed by atoms with Crippen LogP contribution in [0, 0.1) is 5.92 Å². The molecule has 3 rings (SSSR count). The first-order valence-electron chi connectivity index (χ1n) is 9.66. The molecule has 1 heteroatoms. The molecule has 1 atom stereocenters. The van der Waals surface area contributed by atoms with Gasteiger partial charge in [-0.25, -0.2) is 0 Å². The first kappa shape index (κ1) is 17.9. The van der Waals surface area contributed by atoms with Crippen molar-refractivity contribution in [2.45, 2.75) is 54.0 Å². The van der Waals surface area contributed by atoms with Gasteiger partial charge in [-0.3, -0.25) is 0 Å². The van der Waals surface area contributed by atoms with E-state index in [0.29, 0.717) is 5.92 Å². The minimum Gasteiger partial charge on any atom is -0.313 e. The Morgan fingerprint density at radius 1 is 0.960 bits per heavy atom. The lowest BCUT2D eigenvalue weighted by Crippen LogP contribution is -2.16. The maximum Gasteiger partial charge on any atom is 0.0217 e. The van der Waals surface area contributed by atoms with Crippen molar-refractivity contribution in [1.29, 1.82) is 0 Å². The SMILES string of the molecule is CCCCNCc1c(C2=C(C)C(C)=C(C)C2C)ccc2ccccc12. The van der Waals surface area contributed by atoms with Crippen molar-refractivity contribution >= 4 is 16.3 Å². The summed E-state index contributed by atoms with van der Waals surface area (Å²) in [6.45, 7) is 13.5. The van der Waals surface area contributed by atoms with Gasteiger partial charge in [0, 0.05) is 12.5 Å². The molecule has 0 spiro atoms. The number of rotatable bonds is 6. The maximum atomic E-state index is 3.67. The van der Waals surface area contributed by atoms with E-state index in [1.54, 1.807) is 0 Å². The topological polar surface area (TPSA) is 12.0 Å². The molecule has 0 aromatic heterocycles. The van der Waals surface area contributed by atoms with E-state index in [2.05, 4.69) is 76.3 Å². The minimum atomic E-state index is 0.510. The molecule has 0 heterocycles. The first-order chi connectivity index (χ1) is 12.1. The Hall–Kier alpha value is -1.86. The molecule has 0 radical (unpaired) electrons. The fourth-order valence-corrected chi connectivity index (χ4v) is 4.09. The molecule has 0 amide bonds. The fraction of sp³-hybridized carbons (Fsp3) is 0.417. The van der Waals surface area contributed by atoms with Crippen molar-refractivity contribution in [3.05, 3.63) is 64.2 Å². The van der Waals surface area contributed by atoms with Crippen LogP contribution in [-0.4, -0.2) is 6.54 Å².